The lowest BCUT2D eigenvalue weighted by atomic mass is 9.97. The molecule has 0 aromatic carbocycles. The minimum absolute atomic E-state index is 0.0336. The number of likely N-dealkylation sites (tertiary alicyclic amines) is 1. The van der Waals surface area contributed by atoms with E-state index in [1.807, 2.05) is 31.6 Å². The van der Waals surface area contributed by atoms with Crippen LogP contribution >= 0.6 is 0 Å². The van der Waals surface area contributed by atoms with Gasteiger partial charge < -0.3 is 9.88 Å². The van der Waals surface area contributed by atoms with Crippen molar-refractivity contribution < 1.29 is 4.79 Å². The van der Waals surface area contributed by atoms with E-state index in [4.69, 9.17) is 0 Å². The Labute approximate surface area is 149 Å². The summed E-state index contributed by atoms with van der Waals surface area (Å²) in [4.78, 5) is 23.2. The third-order valence-corrected chi connectivity index (χ3v) is 4.85. The minimum Gasteiger partial charge on any atom is -0.352 e. The minimum atomic E-state index is -0.0336. The number of nitrogens with one attached hydrogen (secondary N) is 1. The second-order valence-corrected chi connectivity index (χ2v) is 6.81. The van der Waals surface area contributed by atoms with Crippen molar-refractivity contribution in [1.82, 2.24) is 24.8 Å². The van der Waals surface area contributed by atoms with Gasteiger partial charge in [0.05, 0.1) is 17.6 Å². The second kappa shape index (κ2) is 8.25. The number of hydrogen-bond acceptors (Lipinski definition) is 4. The van der Waals surface area contributed by atoms with E-state index in [2.05, 4.69) is 31.7 Å². The lowest BCUT2D eigenvalue weighted by molar-refractivity contribution is 0.0929. The Morgan fingerprint density at radius 1 is 1.36 bits per heavy atom. The molecule has 6 heteroatoms. The third-order valence-electron chi connectivity index (χ3n) is 4.85. The van der Waals surface area contributed by atoms with Gasteiger partial charge in [0.2, 0.25) is 0 Å². The average molecular weight is 341 g/mol. The highest BCUT2D eigenvalue weighted by atomic mass is 16.1. The largest absolute Gasteiger partial charge is 0.352 e. The van der Waals surface area contributed by atoms with Crippen molar-refractivity contribution in [2.75, 3.05) is 19.6 Å². The first-order valence-corrected chi connectivity index (χ1v) is 9.08. The molecule has 0 saturated carbocycles. The predicted molar refractivity (Wildman–Crippen MR) is 97.2 cm³/mol. The number of carbonyl (C=O) groups excluding carboxylic acids is 1. The summed E-state index contributed by atoms with van der Waals surface area (Å²) in [5.41, 5.74) is 2.81. The van der Waals surface area contributed by atoms with E-state index in [0.717, 1.165) is 44.8 Å². The number of hydrogen-bond donors (Lipinski definition) is 1. The van der Waals surface area contributed by atoms with Gasteiger partial charge in [-0.1, -0.05) is 0 Å². The number of aromatic nitrogens is 3. The Bertz CT molecular complexity index is 694. The van der Waals surface area contributed by atoms with Gasteiger partial charge in [-0.15, -0.1) is 0 Å². The Morgan fingerprint density at radius 2 is 2.24 bits per heavy atom. The van der Waals surface area contributed by atoms with E-state index >= 15 is 0 Å². The molecule has 0 aliphatic carbocycles. The van der Waals surface area contributed by atoms with Crippen LogP contribution in [0.2, 0.25) is 0 Å². The molecule has 25 heavy (non-hydrogen) atoms. The van der Waals surface area contributed by atoms with E-state index in [9.17, 15) is 4.79 Å². The fraction of sp³-hybridized carbons (Fsp3) is 0.526. The Morgan fingerprint density at radius 3 is 3.00 bits per heavy atom. The summed E-state index contributed by atoms with van der Waals surface area (Å²) in [5, 5.41) is 3.07. The van der Waals surface area contributed by atoms with E-state index < -0.39 is 0 Å². The molecule has 1 aliphatic rings. The summed E-state index contributed by atoms with van der Waals surface area (Å²) in [7, 11) is 0. The summed E-state index contributed by atoms with van der Waals surface area (Å²) >= 11 is 0. The number of amides is 1. The molecule has 3 heterocycles. The highest BCUT2D eigenvalue weighted by Crippen LogP contribution is 2.18. The molecule has 6 nitrogen and oxygen atoms in total. The van der Waals surface area contributed by atoms with Crippen LogP contribution < -0.4 is 5.32 Å². The molecule has 1 atom stereocenters. The molecule has 1 fully saturated rings. The first-order valence-electron chi connectivity index (χ1n) is 9.08. The van der Waals surface area contributed by atoms with Gasteiger partial charge in [-0.3, -0.25) is 14.7 Å². The molecule has 1 N–H and O–H groups in total. The van der Waals surface area contributed by atoms with Crippen LogP contribution in [0.25, 0.3) is 0 Å². The number of rotatable bonds is 6. The monoisotopic (exact) mass is 341 g/mol. The molecule has 0 radical (unpaired) electrons. The van der Waals surface area contributed by atoms with Gasteiger partial charge in [-0.2, -0.15) is 0 Å². The molecule has 134 valence electrons. The zero-order chi connectivity index (χ0) is 17.6. The molecule has 1 aliphatic heterocycles. The highest BCUT2D eigenvalue weighted by Gasteiger charge is 2.21. The van der Waals surface area contributed by atoms with Crippen LogP contribution in [0.1, 0.15) is 41.5 Å². The number of piperidine rings is 1. The number of nitrogens with zero attached hydrogens (tertiary/aromatic N) is 4. The lowest BCUT2D eigenvalue weighted by Gasteiger charge is -2.32. The first-order chi connectivity index (χ1) is 12.2. The van der Waals surface area contributed by atoms with Gasteiger partial charge in [-0.05, 0) is 51.3 Å². The molecule has 3 rings (SSSR count). The van der Waals surface area contributed by atoms with E-state index in [1.54, 1.807) is 6.20 Å². The first kappa shape index (κ1) is 17.6. The molecular formula is C19H27N5O. The standard InChI is InChI=1S/C19H27N5O/c1-3-24-14-20-11-18(24)13-23-8-4-5-16(12-23)9-22-19(25)17-7-6-15(2)21-10-17/h6-7,10-11,14,16H,3-5,8-9,12-13H2,1-2H3,(H,22,25)/t16-/m1/s1. The maximum Gasteiger partial charge on any atom is 0.252 e. The van der Waals surface area contributed by atoms with Crippen LogP contribution in [-0.4, -0.2) is 45.0 Å². The van der Waals surface area contributed by atoms with Gasteiger partial charge in [0.15, 0.2) is 0 Å². The maximum atomic E-state index is 12.2. The normalized spacial score (nSPS) is 18.2. The van der Waals surface area contributed by atoms with Gasteiger partial charge in [-0.25, -0.2) is 4.98 Å². The summed E-state index contributed by atoms with van der Waals surface area (Å²) in [6.45, 7) is 8.79. The van der Waals surface area contributed by atoms with E-state index in [1.165, 1.54) is 12.1 Å². The van der Waals surface area contributed by atoms with Gasteiger partial charge in [0.1, 0.15) is 0 Å². The van der Waals surface area contributed by atoms with Crippen LogP contribution in [0.5, 0.6) is 0 Å². The zero-order valence-electron chi connectivity index (χ0n) is 15.1. The summed E-state index contributed by atoms with van der Waals surface area (Å²) in [6.07, 6.45) is 7.83. The van der Waals surface area contributed by atoms with Crippen molar-refractivity contribution in [3.05, 3.63) is 47.8 Å². The molecule has 2 aromatic heterocycles. The Balaban J connectivity index is 1.50. The molecule has 2 aromatic rings. The Hall–Kier alpha value is -2.21. The van der Waals surface area contributed by atoms with Crippen LogP contribution in [0.4, 0.5) is 0 Å². The van der Waals surface area contributed by atoms with Crippen molar-refractivity contribution in [2.45, 2.75) is 39.8 Å². The predicted octanol–water partition coefficient (Wildman–Crippen LogP) is 2.25. The number of pyridine rings is 1. The van der Waals surface area contributed by atoms with E-state index in [-0.39, 0.29) is 5.91 Å². The molecular weight excluding hydrogens is 314 g/mol. The van der Waals surface area contributed by atoms with Crippen LogP contribution in [0.3, 0.4) is 0 Å². The molecule has 0 spiro atoms. The fourth-order valence-corrected chi connectivity index (χ4v) is 3.40. The zero-order valence-corrected chi connectivity index (χ0v) is 15.1. The van der Waals surface area contributed by atoms with E-state index in [0.29, 0.717) is 11.5 Å². The second-order valence-electron chi connectivity index (χ2n) is 6.81. The smallest absolute Gasteiger partial charge is 0.252 e. The SMILES string of the molecule is CCn1cncc1CN1CCC[C@H](CNC(=O)c2ccc(C)nc2)C1. The Kier molecular flexibility index (Phi) is 5.81. The van der Waals surface area contributed by atoms with Crippen LogP contribution in [0, 0.1) is 12.8 Å². The van der Waals surface area contributed by atoms with Crippen molar-refractivity contribution in [3.63, 3.8) is 0 Å². The fourth-order valence-electron chi connectivity index (χ4n) is 3.40. The van der Waals surface area contributed by atoms with Crippen molar-refractivity contribution in [3.8, 4) is 0 Å². The molecule has 1 saturated heterocycles. The molecule has 0 bridgehead atoms. The number of carbonyl (C=O) groups is 1. The quantitative estimate of drug-likeness (QED) is 0.875. The maximum absolute atomic E-state index is 12.2. The third kappa shape index (κ3) is 4.66. The topological polar surface area (TPSA) is 63.1 Å². The highest BCUT2D eigenvalue weighted by molar-refractivity contribution is 5.93. The number of imidazole rings is 1. The average Bonchev–Trinajstić information content (AvgIpc) is 3.08. The summed E-state index contributed by atoms with van der Waals surface area (Å²) in [6, 6.07) is 3.70. The van der Waals surface area contributed by atoms with Gasteiger partial charge >= 0.3 is 0 Å². The van der Waals surface area contributed by atoms with Crippen LogP contribution in [-0.2, 0) is 13.1 Å². The lowest BCUT2D eigenvalue weighted by Crippen LogP contribution is -2.40. The number of aryl methyl sites for hydroxylation is 2. The van der Waals surface area contributed by atoms with Crippen molar-refractivity contribution in [1.29, 1.82) is 0 Å². The summed E-state index contributed by atoms with van der Waals surface area (Å²) < 4.78 is 2.19. The van der Waals surface area contributed by atoms with Crippen molar-refractivity contribution >= 4 is 5.91 Å². The molecule has 0 unspecified atom stereocenters. The molecule has 1 amide bonds. The van der Waals surface area contributed by atoms with Gasteiger partial charge in [0, 0.05) is 44.3 Å². The van der Waals surface area contributed by atoms with Gasteiger partial charge in [0.25, 0.3) is 5.91 Å². The van der Waals surface area contributed by atoms with Crippen molar-refractivity contribution in [2.24, 2.45) is 5.92 Å². The summed E-state index contributed by atoms with van der Waals surface area (Å²) in [5.74, 6) is 0.461. The van der Waals surface area contributed by atoms with Crippen LogP contribution in [0.15, 0.2) is 30.9 Å².